The third-order valence-electron chi connectivity index (χ3n) is 10.4. The fraction of sp³-hybridized carbons (Fsp3) is 0.460. The Balaban J connectivity index is 1.33. The highest BCUT2D eigenvalue weighted by Crippen LogP contribution is 2.34. The van der Waals surface area contributed by atoms with E-state index in [-0.39, 0.29) is 12.7 Å². The van der Waals surface area contributed by atoms with E-state index in [1.54, 1.807) is 0 Å². The van der Waals surface area contributed by atoms with Crippen molar-refractivity contribution in [3.8, 4) is 0 Å². The summed E-state index contributed by atoms with van der Waals surface area (Å²) in [6.45, 7) is 13.1. The molecule has 4 aromatic rings. The van der Waals surface area contributed by atoms with Crippen molar-refractivity contribution in [3.63, 3.8) is 0 Å². The largest absolute Gasteiger partial charge is 0.444 e. The van der Waals surface area contributed by atoms with Crippen molar-refractivity contribution in [1.82, 2.24) is 5.32 Å². The molecule has 0 saturated carbocycles. The molecule has 2 saturated heterocycles. The lowest BCUT2D eigenvalue weighted by Gasteiger charge is -2.46. The van der Waals surface area contributed by atoms with Gasteiger partial charge in [-0.1, -0.05) is 140 Å². The molecule has 0 aromatic heterocycles. The maximum atomic E-state index is 13.2. The van der Waals surface area contributed by atoms with Gasteiger partial charge >= 0.3 is 6.09 Å². The van der Waals surface area contributed by atoms with Gasteiger partial charge in [0.1, 0.15) is 36.1 Å². The molecule has 6 rings (SSSR count). The lowest BCUT2D eigenvalue weighted by molar-refractivity contribution is -0.271. The molecule has 10 nitrogen and oxygen atoms in total. The van der Waals surface area contributed by atoms with Crippen LogP contribution < -0.4 is 5.32 Å². The van der Waals surface area contributed by atoms with Gasteiger partial charge in [-0.25, -0.2) is 4.79 Å². The molecule has 2 aliphatic rings. The van der Waals surface area contributed by atoms with Crippen LogP contribution in [0.2, 0.25) is 0 Å². The van der Waals surface area contributed by atoms with Gasteiger partial charge in [0.2, 0.25) is 0 Å². The van der Waals surface area contributed by atoms with Crippen LogP contribution in [0.3, 0.4) is 0 Å². The van der Waals surface area contributed by atoms with Crippen molar-refractivity contribution < 1.29 is 42.7 Å². The van der Waals surface area contributed by atoms with E-state index in [1.165, 1.54) is 0 Å². The number of hydrogen-bond acceptors (Lipinski definition) is 9. The zero-order valence-electron chi connectivity index (χ0n) is 35.9. The smallest absolute Gasteiger partial charge is 0.408 e. The second-order valence-electron chi connectivity index (χ2n) is 16.9. The molecule has 0 spiro atoms. The van der Waals surface area contributed by atoms with Gasteiger partial charge in [0.05, 0.1) is 51.3 Å². The molecular weight excluding hydrogens is 759 g/mol. The highest BCUT2D eigenvalue weighted by Gasteiger charge is 2.48. The summed E-state index contributed by atoms with van der Waals surface area (Å²) in [7, 11) is 0. The number of amides is 1. The van der Waals surface area contributed by atoms with Crippen LogP contribution >= 0.6 is 0 Å². The molecule has 2 aliphatic heterocycles. The molecule has 0 aliphatic carbocycles. The van der Waals surface area contributed by atoms with Crippen molar-refractivity contribution in [2.45, 2.75) is 141 Å². The van der Waals surface area contributed by atoms with Gasteiger partial charge in [-0.15, -0.1) is 0 Å². The summed E-state index contributed by atoms with van der Waals surface area (Å²) in [6.07, 6.45) is 1.19. The van der Waals surface area contributed by atoms with Crippen LogP contribution in [-0.2, 0) is 64.3 Å². The van der Waals surface area contributed by atoms with E-state index in [2.05, 4.69) is 17.4 Å². The molecule has 10 heteroatoms. The van der Waals surface area contributed by atoms with Crippen LogP contribution in [0.5, 0.6) is 0 Å². The van der Waals surface area contributed by atoms with E-state index >= 15 is 0 Å². The zero-order chi connectivity index (χ0) is 42.4. The summed E-state index contributed by atoms with van der Waals surface area (Å²) in [4.78, 5) is 13.2. The predicted octanol–water partition coefficient (Wildman–Crippen LogP) is 9.50. The van der Waals surface area contributed by atoms with E-state index in [0.29, 0.717) is 39.3 Å². The molecule has 2 heterocycles. The van der Waals surface area contributed by atoms with Gasteiger partial charge in [0.25, 0.3) is 0 Å². The first kappa shape index (κ1) is 45.1. The fourth-order valence-corrected chi connectivity index (χ4v) is 7.60. The van der Waals surface area contributed by atoms with Gasteiger partial charge in [0, 0.05) is 0 Å². The number of benzene rings is 4. The van der Waals surface area contributed by atoms with Crippen LogP contribution in [-0.4, -0.2) is 72.9 Å². The summed E-state index contributed by atoms with van der Waals surface area (Å²) < 4.78 is 52.5. The third kappa shape index (κ3) is 13.8. The monoisotopic (exact) mass is 821 g/mol. The molecule has 1 N–H and O–H groups in total. The topological polar surface area (TPSA) is 103 Å². The van der Waals surface area contributed by atoms with Crippen molar-refractivity contribution in [2.75, 3.05) is 6.61 Å². The number of alkyl carbamates (subject to hydrolysis) is 1. The quantitative estimate of drug-likeness (QED) is 0.0927. The Labute approximate surface area is 356 Å². The Kier molecular flexibility index (Phi) is 16.5. The van der Waals surface area contributed by atoms with Gasteiger partial charge in [0.15, 0.2) is 5.79 Å². The second kappa shape index (κ2) is 21.9. The zero-order valence-corrected chi connectivity index (χ0v) is 35.9. The predicted molar refractivity (Wildman–Crippen MR) is 231 cm³/mol. The maximum absolute atomic E-state index is 13.2. The minimum absolute atomic E-state index is 0.248. The number of rotatable bonds is 19. The summed E-state index contributed by atoms with van der Waals surface area (Å²) in [5.41, 5.74) is 3.47. The van der Waals surface area contributed by atoms with E-state index in [4.69, 9.17) is 37.9 Å². The Morgan fingerprint density at radius 1 is 0.667 bits per heavy atom. The summed E-state index contributed by atoms with van der Waals surface area (Å²) in [5, 5.41) is 3.06. The van der Waals surface area contributed by atoms with Crippen molar-refractivity contribution in [3.05, 3.63) is 156 Å². The van der Waals surface area contributed by atoms with E-state index < -0.39 is 60.1 Å². The molecular formula is C50H63NO9. The molecule has 4 aromatic carbocycles. The average molecular weight is 822 g/mol. The van der Waals surface area contributed by atoms with E-state index in [0.717, 1.165) is 22.3 Å². The first-order valence-electron chi connectivity index (χ1n) is 21.2. The molecule has 0 radical (unpaired) electrons. The van der Waals surface area contributed by atoms with Gasteiger partial charge < -0.3 is 43.2 Å². The maximum Gasteiger partial charge on any atom is 0.408 e. The SMILES string of the molecule is CC[C@H]1OC(C)(C)O[C@H]1[C@H](C=CC[C@H]1OC(COCc2ccccc2)[C@H](OCc2ccccc2)[C@@H](OCc2ccccc2)C1OCc1ccccc1)NC(=O)OC(C)(C)C. The summed E-state index contributed by atoms with van der Waals surface area (Å²) in [5.74, 6) is -0.819. The normalized spacial score (nSPS) is 24.6. The number of hydrogen-bond donors (Lipinski definition) is 1. The van der Waals surface area contributed by atoms with Crippen LogP contribution in [0, 0.1) is 0 Å². The molecule has 2 fully saturated rings. The third-order valence-corrected chi connectivity index (χ3v) is 10.4. The van der Waals surface area contributed by atoms with Gasteiger partial charge in [-0.3, -0.25) is 0 Å². The number of nitrogens with one attached hydrogen (secondary N) is 1. The fourth-order valence-electron chi connectivity index (χ4n) is 7.60. The Morgan fingerprint density at radius 3 is 1.62 bits per heavy atom. The Bertz CT molecular complexity index is 1870. The first-order valence-corrected chi connectivity index (χ1v) is 21.2. The first-order chi connectivity index (χ1) is 29.0. The standard InChI is InChI=1S/C50H63NO9/c1-7-41-44(59-50(5,6)58-41)40(51-48(52)60-49(2,3)4)29-20-30-42-45(54-32-37-23-14-9-15-24-37)47(56-34-39-27-18-11-19-28-39)46(55-33-38-25-16-10-17-26-38)43(57-42)35-53-31-36-21-12-8-13-22-36/h8-29,40-47H,7,30-35H2,1-6H3,(H,51,52)/t40-,41+,42+,43?,44-,45?,46-,47-/m0/s1. The Morgan fingerprint density at radius 2 is 1.13 bits per heavy atom. The second-order valence-corrected chi connectivity index (χ2v) is 16.9. The summed E-state index contributed by atoms with van der Waals surface area (Å²) in [6, 6.07) is 39.8. The van der Waals surface area contributed by atoms with Crippen molar-refractivity contribution in [1.29, 1.82) is 0 Å². The molecule has 8 atom stereocenters. The number of ether oxygens (including phenoxy) is 8. The highest BCUT2D eigenvalue weighted by atomic mass is 16.8. The number of carbonyl (C=O) groups is 1. The van der Waals surface area contributed by atoms with Crippen LogP contribution in [0.1, 0.15) is 76.6 Å². The van der Waals surface area contributed by atoms with Gasteiger partial charge in [-0.2, -0.15) is 0 Å². The van der Waals surface area contributed by atoms with Gasteiger partial charge in [-0.05, 0) is 69.7 Å². The molecule has 2 unspecified atom stereocenters. The summed E-state index contributed by atoms with van der Waals surface area (Å²) >= 11 is 0. The molecule has 60 heavy (non-hydrogen) atoms. The highest BCUT2D eigenvalue weighted by molar-refractivity contribution is 5.68. The van der Waals surface area contributed by atoms with Crippen LogP contribution in [0.25, 0.3) is 0 Å². The average Bonchev–Trinajstić information content (AvgIpc) is 3.56. The molecule has 322 valence electrons. The molecule has 1 amide bonds. The lowest BCUT2D eigenvalue weighted by atomic mass is 9.92. The van der Waals surface area contributed by atoms with Crippen LogP contribution in [0.4, 0.5) is 4.79 Å². The van der Waals surface area contributed by atoms with E-state index in [9.17, 15) is 4.79 Å². The van der Waals surface area contributed by atoms with Crippen molar-refractivity contribution in [2.24, 2.45) is 0 Å². The van der Waals surface area contributed by atoms with Crippen molar-refractivity contribution >= 4 is 6.09 Å². The van der Waals surface area contributed by atoms with E-state index in [1.807, 2.05) is 163 Å². The molecule has 0 bridgehead atoms. The lowest BCUT2D eigenvalue weighted by Crippen LogP contribution is -2.61. The van der Waals surface area contributed by atoms with Crippen LogP contribution in [0.15, 0.2) is 133 Å². The minimum Gasteiger partial charge on any atom is -0.444 e. The Hall–Kier alpha value is -4.39. The number of carbonyl (C=O) groups excluding carboxylic acids is 1. The minimum atomic E-state index is -0.819.